The van der Waals surface area contributed by atoms with Crippen LogP contribution in [0.4, 0.5) is 0 Å². The second-order valence-corrected chi connectivity index (χ2v) is 4.88. The molecule has 1 unspecified atom stereocenters. The first kappa shape index (κ1) is 11.0. The molecule has 1 saturated carbocycles. The van der Waals surface area contributed by atoms with Crippen LogP contribution in [-0.4, -0.2) is 11.2 Å². The molecule has 2 rings (SSSR count). The highest BCUT2D eigenvalue weighted by Gasteiger charge is 2.22. The monoisotopic (exact) mass is 224 g/mol. The lowest BCUT2D eigenvalue weighted by atomic mass is 9.95. The number of hydrogen-bond donors (Lipinski definition) is 1. The molecule has 1 nitrogen and oxygen atoms in total. The minimum atomic E-state index is -0.173. The second kappa shape index (κ2) is 5.00. The number of halogens is 1. The van der Waals surface area contributed by atoms with Crippen molar-refractivity contribution in [1.82, 2.24) is 0 Å². The van der Waals surface area contributed by atoms with Crippen LogP contribution in [0.25, 0.3) is 0 Å². The molecule has 0 aromatic heterocycles. The van der Waals surface area contributed by atoms with Crippen LogP contribution in [0.15, 0.2) is 24.3 Å². The Morgan fingerprint density at radius 1 is 1.20 bits per heavy atom. The van der Waals surface area contributed by atoms with Crippen molar-refractivity contribution in [2.45, 2.75) is 38.2 Å². The lowest BCUT2D eigenvalue weighted by Crippen LogP contribution is -2.20. The van der Waals surface area contributed by atoms with Gasteiger partial charge in [0.25, 0.3) is 0 Å². The lowest BCUT2D eigenvalue weighted by molar-refractivity contribution is 0.111. The van der Waals surface area contributed by atoms with Crippen LogP contribution < -0.4 is 0 Å². The molecule has 1 fully saturated rings. The van der Waals surface area contributed by atoms with Crippen LogP contribution in [0.3, 0.4) is 0 Å². The van der Waals surface area contributed by atoms with Gasteiger partial charge in [-0.05, 0) is 42.9 Å². The van der Waals surface area contributed by atoms with Crippen LogP contribution >= 0.6 is 11.6 Å². The van der Waals surface area contributed by atoms with E-state index in [1.165, 1.54) is 31.2 Å². The molecule has 0 heterocycles. The molecule has 1 atom stereocenters. The molecular formula is C13H17ClO. The average molecular weight is 225 g/mol. The summed E-state index contributed by atoms with van der Waals surface area (Å²) in [6.45, 7) is 0. The maximum absolute atomic E-state index is 10.0. The minimum Gasteiger partial charge on any atom is -0.392 e. The maximum atomic E-state index is 10.0. The van der Waals surface area contributed by atoms with Gasteiger partial charge in [0.05, 0.1) is 6.10 Å². The van der Waals surface area contributed by atoms with Gasteiger partial charge in [-0.2, -0.15) is 0 Å². The third kappa shape index (κ3) is 2.96. The van der Waals surface area contributed by atoms with Gasteiger partial charge in [-0.25, -0.2) is 0 Å². The molecule has 1 aromatic carbocycles. The van der Waals surface area contributed by atoms with E-state index in [-0.39, 0.29) is 6.10 Å². The van der Waals surface area contributed by atoms with Crippen molar-refractivity contribution in [3.8, 4) is 0 Å². The Morgan fingerprint density at radius 3 is 2.40 bits per heavy atom. The first-order chi connectivity index (χ1) is 7.25. The van der Waals surface area contributed by atoms with E-state index in [2.05, 4.69) is 0 Å². The quantitative estimate of drug-likeness (QED) is 0.834. The molecule has 0 radical (unpaired) electrons. The number of rotatable bonds is 3. The average Bonchev–Trinajstić information content (AvgIpc) is 2.74. The number of benzene rings is 1. The van der Waals surface area contributed by atoms with Gasteiger partial charge in [-0.3, -0.25) is 0 Å². The van der Waals surface area contributed by atoms with E-state index in [1.54, 1.807) is 0 Å². The summed E-state index contributed by atoms with van der Waals surface area (Å²) >= 11 is 5.81. The van der Waals surface area contributed by atoms with Crippen molar-refractivity contribution < 1.29 is 5.11 Å². The highest BCUT2D eigenvalue weighted by atomic mass is 35.5. The number of aliphatic hydroxyl groups is 1. The molecule has 1 N–H and O–H groups in total. The molecule has 0 aliphatic heterocycles. The zero-order valence-corrected chi connectivity index (χ0v) is 9.58. The SMILES string of the molecule is OC(Cc1ccc(Cl)cc1)C1CCCC1. The van der Waals surface area contributed by atoms with Crippen molar-refractivity contribution in [3.05, 3.63) is 34.9 Å². The summed E-state index contributed by atoms with van der Waals surface area (Å²) < 4.78 is 0. The van der Waals surface area contributed by atoms with E-state index in [4.69, 9.17) is 11.6 Å². The van der Waals surface area contributed by atoms with Gasteiger partial charge in [0.1, 0.15) is 0 Å². The zero-order valence-electron chi connectivity index (χ0n) is 8.82. The highest BCUT2D eigenvalue weighted by molar-refractivity contribution is 6.30. The van der Waals surface area contributed by atoms with Crippen molar-refractivity contribution >= 4 is 11.6 Å². The van der Waals surface area contributed by atoms with E-state index in [0.717, 1.165) is 11.4 Å². The number of hydrogen-bond acceptors (Lipinski definition) is 1. The van der Waals surface area contributed by atoms with Crippen molar-refractivity contribution in [2.75, 3.05) is 0 Å². The normalized spacial score (nSPS) is 19.3. The summed E-state index contributed by atoms with van der Waals surface area (Å²) in [5.74, 6) is 0.515. The summed E-state index contributed by atoms with van der Waals surface area (Å²) in [7, 11) is 0. The Bertz CT molecular complexity index is 301. The van der Waals surface area contributed by atoms with E-state index >= 15 is 0 Å². The van der Waals surface area contributed by atoms with Crippen molar-refractivity contribution in [2.24, 2.45) is 5.92 Å². The van der Waals surface area contributed by atoms with Gasteiger partial charge in [0.15, 0.2) is 0 Å². The maximum Gasteiger partial charge on any atom is 0.0608 e. The molecule has 0 bridgehead atoms. The van der Waals surface area contributed by atoms with Crippen LogP contribution in [-0.2, 0) is 6.42 Å². The fourth-order valence-electron chi connectivity index (χ4n) is 2.37. The van der Waals surface area contributed by atoms with Crippen molar-refractivity contribution in [1.29, 1.82) is 0 Å². The van der Waals surface area contributed by atoms with Gasteiger partial charge < -0.3 is 5.11 Å². The molecule has 0 amide bonds. The Hall–Kier alpha value is -0.530. The van der Waals surface area contributed by atoms with E-state index in [0.29, 0.717) is 5.92 Å². The van der Waals surface area contributed by atoms with Crippen LogP contribution in [0.2, 0.25) is 5.02 Å². The van der Waals surface area contributed by atoms with Crippen LogP contribution in [0, 0.1) is 5.92 Å². The van der Waals surface area contributed by atoms with Gasteiger partial charge in [0, 0.05) is 5.02 Å². The molecule has 1 aromatic rings. The molecular weight excluding hydrogens is 208 g/mol. The third-order valence-electron chi connectivity index (χ3n) is 3.30. The van der Waals surface area contributed by atoms with E-state index < -0.39 is 0 Å². The molecule has 82 valence electrons. The smallest absolute Gasteiger partial charge is 0.0608 e. The van der Waals surface area contributed by atoms with Gasteiger partial charge in [-0.1, -0.05) is 36.6 Å². The Balaban J connectivity index is 1.92. The molecule has 0 spiro atoms. The standard InChI is InChI=1S/C13H17ClO/c14-12-7-5-10(6-8-12)9-13(15)11-3-1-2-4-11/h5-8,11,13,15H,1-4,9H2. The minimum absolute atomic E-state index is 0.173. The first-order valence-corrected chi connectivity index (χ1v) is 6.06. The summed E-state index contributed by atoms with van der Waals surface area (Å²) in [4.78, 5) is 0. The summed E-state index contributed by atoms with van der Waals surface area (Å²) in [5.41, 5.74) is 1.18. The molecule has 2 heteroatoms. The first-order valence-electron chi connectivity index (χ1n) is 5.68. The largest absolute Gasteiger partial charge is 0.392 e. The molecule has 1 aliphatic rings. The Labute approximate surface area is 96.1 Å². The van der Waals surface area contributed by atoms with Gasteiger partial charge in [-0.15, -0.1) is 0 Å². The fourth-order valence-corrected chi connectivity index (χ4v) is 2.50. The predicted octanol–water partition coefficient (Wildman–Crippen LogP) is 3.43. The topological polar surface area (TPSA) is 20.2 Å². The zero-order chi connectivity index (χ0) is 10.7. The van der Waals surface area contributed by atoms with E-state index in [9.17, 15) is 5.11 Å². The Kier molecular flexibility index (Phi) is 3.66. The van der Waals surface area contributed by atoms with Crippen molar-refractivity contribution in [3.63, 3.8) is 0 Å². The second-order valence-electron chi connectivity index (χ2n) is 4.44. The summed E-state index contributed by atoms with van der Waals surface area (Å²) in [5, 5.41) is 10.8. The molecule has 1 aliphatic carbocycles. The Morgan fingerprint density at radius 2 is 1.80 bits per heavy atom. The van der Waals surface area contributed by atoms with Gasteiger partial charge >= 0.3 is 0 Å². The molecule has 15 heavy (non-hydrogen) atoms. The summed E-state index contributed by atoms with van der Waals surface area (Å²) in [6, 6.07) is 7.78. The van der Waals surface area contributed by atoms with Crippen LogP contribution in [0.1, 0.15) is 31.2 Å². The predicted molar refractivity (Wildman–Crippen MR) is 63.1 cm³/mol. The van der Waals surface area contributed by atoms with Gasteiger partial charge in [0.2, 0.25) is 0 Å². The lowest BCUT2D eigenvalue weighted by Gasteiger charge is -2.17. The van der Waals surface area contributed by atoms with E-state index in [1.807, 2.05) is 24.3 Å². The number of aliphatic hydroxyl groups excluding tert-OH is 1. The molecule has 0 saturated heterocycles. The fraction of sp³-hybridized carbons (Fsp3) is 0.538. The van der Waals surface area contributed by atoms with Crippen LogP contribution in [0.5, 0.6) is 0 Å². The summed E-state index contributed by atoms with van der Waals surface area (Å²) in [6.07, 6.45) is 5.53. The highest BCUT2D eigenvalue weighted by Crippen LogP contribution is 2.29. The third-order valence-corrected chi connectivity index (χ3v) is 3.55.